The lowest BCUT2D eigenvalue weighted by molar-refractivity contribution is -0.164. The van der Waals surface area contributed by atoms with Crippen LogP contribution in [0.2, 0.25) is 0 Å². The van der Waals surface area contributed by atoms with Gasteiger partial charge in [0.2, 0.25) is 11.8 Å². The Bertz CT molecular complexity index is 375. The Labute approximate surface area is 115 Å². The summed E-state index contributed by atoms with van der Waals surface area (Å²) in [4.78, 5) is 24.4. The van der Waals surface area contributed by atoms with E-state index in [0.717, 1.165) is 0 Å². The van der Waals surface area contributed by atoms with Crippen molar-refractivity contribution in [2.45, 2.75) is 44.1 Å². The molecule has 20 heavy (non-hydrogen) atoms. The fourth-order valence-corrected chi connectivity index (χ4v) is 2.76. The molecular weight excluding hydrogens is 272 g/mol. The number of carboxylic acids is 1. The molecule has 0 aromatic carbocycles. The predicted octanol–water partition coefficient (Wildman–Crippen LogP) is 1.51. The number of halogens is 2. The third kappa shape index (κ3) is 3.65. The summed E-state index contributed by atoms with van der Waals surface area (Å²) in [5.74, 6) is -4.73. The number of aliphatic carboxylic acids is 1. The minimum atomic E-state index is -2.74. The quantitative estimate of drug-likeness (QED) is 0.834. The zero-order valence-corrected chi connectivity index (χ0v) is 11.2. The molecular formula is C13H19F2NO4. The highest BCUT2D eigenvalue weighted by molar-refractivity contribution is 5.81. The van der Waals surface area contributed by atoms with Gasteiger partial charge < -0.3 is 14.7 Å². The van der Waals surface area contributed by atoms with E-state index in [9.17, 15) is 18.4 Å². The van der Waals surface area contributed by atoms with Crippen LogP contribution in [0, 0.1) is 5.92 Å². The first kappa shape index (κ1) is 15.2. The van der Waals surface area contributed by atoms with E-state index in [1.165, 1.54) is 4.90 Å². The number of hydrogen-bond acceptors (Lipinski definition) is 3. The Kier molecular flexibility index (Phi) is 4.57. The van der Waals surface area contributed by atoms with Crippen molar-refractivity contribution in [1.82, 2.24) is 4.90 Å². The second-order valence-corrected chi connectivity index (χ2v) is 5.48. The molecule has 0 aromatic rings. The van der Waals surface area contributed by atoms with Gasteiger partial charge in [0, 0.05) is 44.6 Å². The van der Waals surface area contributed by atoms with E-state index < -0.39 is 30.7 Å². The minimum Gasteiger partial charge on any atom is -0.481 e. The molecule has 1 heterocycles. The molecule has 0 unspecified atom stereocenters. The fraction of sp³-hybridized carbons (Fsp3) is 0.846. The van der Waals surface area contributed by atoms with Crippen molar-refractivity contribution in [2.24, 2.45) is 5.92 Å². The van der Waals surface area contributed by atoms with Gasteiger partial charge in [-0.1, -0.05) is 0 Å². The van der Waals surface area contributed by atoms with Gasteiger partial charge >= 0.3 is 5.97 Å². The van der Waals surface area contributed by atoms with E-state index in [1.54, 1.807) is 0 Å². The summed E-state index contributed by atoms with van der Waals surface area (Å²) >= 11 is 0. The third-order valence-corrected chi connectivity index (χ3v) is 3.92. The van der Waals surface area contributed by atoms with Gasteiger partial charge in [-0.3, -0.25) is 9.59 Å². The highest BCUT2D eigenvalue weighted by atomic mass is 19.3. The van der Waals surface area contributed by atoms with E-state index in [4.69, 9.17) is 9.84 Å². The van der Waals surface area contributed by atoms with E-state index in [2.05, 4.69) is 0 Å². The number of carbonyl (C=O) groups is 2. The summed E-state index contributed by atoms with van der Waals surface area (Å²) in [6.07, 6.45) is 0.270. The summed E-state index contributed by atoms with van der Waals surface area (Å²) in [5.41, 5.74) is 0. The molecule has 2 aliphatic rings. The highest BCUT2D eigenvalue weighted by Gasteiger charge is 2.50. The lowest BCUT2D eigenvalue weighted by atomic mass is 9.80. The molecule has 1 aliphatic carbocycles. The van der Waals surface area contributed by atoms with Crippen molar-refractivity contribution < 1.29 is 28.2 Å². The molecule has 1 aliphatic heterocycles. The van der Waals surface area contributed by atoms with Crippen LogP contribution in [0.4, 0.5) is 8.78 Å². The second-order valence-electron chi connectivity index (χ2n) is 5.48. The van der Waals surface area contributed by atoms with Crippen molar-refractivity contribution in [2.75, 3.05) is 19.8 Å². The standard InChI is InChI=1S/C13H19F2NO4/c14-13(15)7-9(8-13)12(19)16(4-1-11(17)18)10-2-5-20-6-3-10/h9-10H,1-8H2,(H,17,18). The van der Waals surface area contributed by atoms with Crippen LogP contribution < -0.4 is 0 Å². The van der Waals surface area contributed by atoms with Crippen LogP contribution >= 0.6 is 0 Å². The molecule has 7 heteroatoms. The van der Waals surface area contributed by atoms with Crippen molar-refractivity contribution in [3.05, 3.63) is 0 Å². The topological polar surface area (TPSA) is 66.8 Å². The molecule has 0 atom stereocenters. The molecule has 0 radical (unpaired) electrons. The molecule has 1 amide bonds. The summed E-state index contributed by atoms with van der Waals surface area (Å²) in [6, 6.07) is -0.0928. The van der Waals surface area contributed by atoms with Gasteiger partial charge in [0.25, 0.3) is 0 Å². The molecule has 1 saturated heterocycles. The Balaban J connectivity index is 1.97. The van der Waals surface area contributed by atoms with Crippen LogP contribution in [0.25, 0.3) is 0 Å². The predicted molar refractivity (Wildman–Crippen MR) is 65.5 cm³/mol. The fourth-order valence-electron chi connectivity index (χ4n) is 2.76. The summed E-state index contributed by atoms with van der Waals surface area (Å²) < 4.78 is 31.0. The molecule has 2 fully saturated rings. The third-order valence-electron chi connectivity index (χ3n) is 3.92. The van der Waals surface area contributed by atoms with Crippen LogP contribution in [0.5, 0.6) is 0 Å². The van der Waals surface area contributed by atoms with E-state index in [-0.39, 0.29) is 24.9 Å². The Morgan fingerprint density at radius 1 is 1.25 bits per heavy atom. The molecule has 1 N–H and O–H groups in total. The molecule has 2 rings (SSSR count). The van der Waals surface area contributed by atoms with E-state index in [1.807, 2.05) is 0 Å². The van der Waals surface area contributed by atoms with Gasteiger partial charge in [-0.05, 0) is 12.8 Å². The summed E-state index contributed by atoms with van der Waals surface area (Å²) in [5, 5.41) is 8.75. The van der Waals surface area contributed by atoms with Crippen molar-refractivity contribution in [1.29, 1.82) is 0 Å². The van der Waals surface area contributed by atoms with Crippen LogP contribution in [-0.4, -0.2) is 53.6 Å². The number of amides is 1. The maximum atomic E-state index is 12.9. The number of ether oxygens (including phenoxy) is 1. The summed E-state index contributed by atoms with van der Waals surface area (Å²) in [6.45, 7) is 1.12. The van der Waals surface area contributed by atoms with Crippen LogP contribution in [0.1, 0.15) is 32.1 Å². The Morgan fingerprint density at radius 2 is 1.85 bits per heavy atom. The molecule has 114 valence electrons. The van der Waals surface area contributed by atoms with E-state index >= 15 is 0 Å². The number of carbonyl (C=O) groups excluding carboxylic acids is 1. The molecule has 0 bridgehead atoms. The smallest absolute Gasteiger partial charge is 0.305 e. The maximum absolute atomic E-state index is 12.9. The van der Waals surface area contributed by atoms with Crippen molar-refractivity contribution >= 4 is 11.9 Å². The van der Waals surface area contributed by atoms with E-state index in [0.29, 0.717) is 26.1 Å². The minimum absolute atomic E-state index is 0.0842. The van der Waals surface area contributed by atoms with Crippen molar-refractivity contribution in [3.63, 3.8) is 0 Å². The molecule has 5 nitrogen and oxygen atoms in total. The first-order valence-corrected chi connectivity index (χ1v) is 6.87. The number of hydrogen-bond donors (Lipinski definition) is 1. The average molecular weight is 291 g/mol. The normalized spacial score (nSPS) is 23.1. The van der Waals surface area contributed by atoms with Crippen molar-refractivity contribution in [3.8, 4) is 0 Å². The largest absolute Gasteiger partial charge is 0.481 e. The lowest BCUT2D eigenvalue weighted by Gasteiger charge is -2.41. The molecule has 1 saturated carbocycles. The highest BCUT2D eigenvalue weighted by Crippen LogP contribution is 2.43. The van der Waals surface area contributed by atoms with Gasteiger partial charge in [0.05, 0.1) is 6.42 Å². The number of nitrogens with zero attached hydrogens (tertiary/aromatic N) is 1. The SMILES string of the molecule is O=C(O)CCN(C(=O)C1CC(F)(F)C1)C1CCOCC1. The number of carboxylic acid groups (broad SMARTS) is 1. The molecule has 0 aromatic heterocycles. The van der Waals surface area contributed by atoms with Gasteiger partial charge in [-0.25, -0.2) is 8.78 Å². The number of rotatable bonds is 5. The maximum Gasteiger partial charge on any atom is 0.305 e. The molecule has 0 spiro atoms. The average Bonchev–Trinajstić information content (AvgIpc) is 2.36. The lowest BCUT2D eigenvalue weighted by Crippen LogP contribution is -2.51. The Hall–Kier alpha value is -1.24. The van der Waals surface area contributed by atoms with Gasteiger partial charge in [-0.2, -0.15) is 0 Å². The Morgan fingerprint density at radius 3 is 2.35 bits per heavy atom. The van der Waals surface area contributed by atoms with Gasteiger partial charge in [0.15, 0.2) is 0 Å². The van der Waals surface area contributed by atoms with Crippen LogP contribution in [-0.2, 0) is 14.3 Å². The van der Waals surface area contributed by atoms with Crippen LogP contribution in [0.3, 0.4) is 0 Å². The number of alkyl halides is 2. The van der Waals surface area contributed by atoms with Gasteiger partial charge in [-0.15, -0.1) is 0 Å². The van der Waals surface area contributed by atoms with Gasteiger partial charge in [0.1, 0.15) is 0 Å². The van der Waals surface area contributed by atoms with Crippen LogP contribution in [0.15, 0.2) is 0 Å². The second kappa shape index (κ2) is 6.03. The monoisotopic (exact) mass is 291 g/mol. The summed E-state index contributed by atoms with van der Waals surface area (Å²) in [7, 11) is 0. The zero-order valence-electron chi connectivity index (χ0n) is 11.2. The first-order chi connectivity index (χ1) is 9.39. The zero-order chi connectivity index (χ0) is 14.8. The first-order valence-electron chi connectivity index (χ1n) is 6.87.